The van der Waals surface area contributed by atoms with Crippen LogP contribution in [0, 0.1) is 0 Å². The third kappa shape index (κ3) is 5.43. The van der Waals surface area contributed by atoms with Gasteiger partial charge in [-0.15, -0.1) is 11.3 Å². The molecule has 2 N–H and O–H groups in total. The Labute approximate surface area is 171 Å². The van der Waals surface area contributed by atoms with E-state index in [0.29, 0.717) is 16.3 Å². The van der Waals surface area contributed by atoms with E-state index in [1.807, 2.05) is 36.4 Å². The lowest BCUT2D eigenvalue weighted by Gasteiger charge is -2.08. The molecule has 3 aromatic rings. The number of anilines is 1. The molecule has 0 aliphatic rings. The number of rotatable bonds is 6. The lowest BCUT2D eigenvalue weighted by atomic mass is 10.1. The van der Waals surface area contributed by atoms with Crippen LogP contribution >= 0.6 is 11.3 Å². The van der Waals surface area contributed by atoms with Crippen LogP contribution in [-0.4, -0.2) is 31.6 Å². The van der Waals surface area contributed by atoms with E-state index in [9.17, 15) is 14.4 Å². The van der Waals surface area contributed by atoms with Crippen molar-refractivity contribution in [3.63, 3.8) is 0 Å². The molecule has 29 heavy (non-hydrogen) atoms. The summed E-state index contributed by atoms with van der Waals surface area (Å²) in [6.45, 7) is -0.568. The molecule has 8 heteroatoms. The monoisotopic (exact) mass is 410 g/mol. The number of nitrogens with one attached hydrogen (secondary N) is 2. The van der Waals surface area contributed by atoms with Crippen LogP contribution in [0.1, 0.15) is 9.67 Å². The highest BCUT2D eigenvalue weighted by atomic mass is 32.1. The van der Waals surface area contributed by atoms with Crippen molar-refractivity contribution >= 4 is 34.9 Å². The van der Waals surface area contributed by atoms with E-state index in [-0.39, 0.29) is 0 Å². The molecule has 0 atom stereocenters. The maximum absolute atomic E-state index is 12.3. The molecule has 0 saturated carbocycles. The van der Waals surface area contributed by atoms with Gasteiger partial charge in [-0.3, -0.25) is 10.1 Å². The number of hydrogen-bond donors (Lipinski definition) is 2. The van der Waals surface area contributed by atoms with Crippen LogP contribution in [0.15, 0.2) is 66.0 Å². The summed E-state index contributed by atoms with van der Waals surface area (Å²) in [4.78, 5) is 36.5. The first-order valence-electron chi connectivity index (χ1n) is 8.61. The van der Waals surface area contributed by atoms with E-state index in [1.165, 1.54) is 18.4 Å². The number of esters is 1. The summed E-state index contributed by atoms with van der Waals surface area (Å²) in [6, 6.07) is 17.1. The number of thiophene rings is 1. The predicted molar refractivity (Wildman–Crippen MR) is 110 cm³/mol. The van der Waals surface area contributed by atoms with Gasteiger partial charge in [0.1, 0.15) is 10.6 Å². The minimum Gasteiger partial charge on any atom is -0.497 e. The number of benzene rings is 2. The van der Waals surface area contributed by atoms with Gasteiger partial charge >= 0.3 is 12.0 Å². The fraction of sp³-hybridized carbons (Fsp3) is 0.0952. The maximum Gasteiger partial charge on any atom is 0.349 e. The molecule has 3 amide bonds. The van der Waals surface area contributed by atoms with Gasteiger partial charge in [-0.25, -0.2) is 9.59 Å². The van der Waals surface area contributed by atoms with Crippen molar-refractivity contribution in [3.8, 4) is 16.9 Å². The van der Waals surface area contributed by atoms with Gasteiger partial charge in [-0.1, -0.05) is 30.3 Å². The summed E-state index contributed by atoms with van der Waals surface area (Å²) in [5.74, 6) is -0.714. The Morgan fingerprint density at radius 2 is 1.69 bits per heavy atom. The minimum atomic E-state index is -0.734. The number of carbonyl (C=O) groups excluding carboxylic acids is 3. The van der Waals surface area contributed by atoms with Gasteiger partial charge in [-0.2, -0.15) is 0 Å². The zero-order chi connectivity index (χ0) is 20.6. The smallest absolute Gasteiger partial charge is 0.349 e. The molecule has 7 nitrogen and oxygen atoms in total. The van der Waals surface area contributed by atoms with Gasteiger partial charge < -0.3 is 14.8 Å². The van der Waals surface area contributed by atoms with E-state index < -0.39 is 24.5 Å². The van der Waals surface area contributed by atoms with Gasteiger partial charge in [0.05, 0.1) is 7.11 Å². The summed E-state index contributed by atoms with van der Waals surface area (Å²) in [6.07, 6.45) is 0. The zero-order valence-electron chi connectivity index (χ0n) is 15.5. The van der Waals surface area contributed by atoms with Crippen LogP contribution < -0.4 is 15.4 Å². The Kier molecular flexibility index (Phi) is 6.59. The Bertz CT molecular complexity index is 999. The molecule has 0 saturated heterocycles. The largest absolute Gasteiger partial charge is 0.497 e. The van der Waals surface area contributed by atoms with E-state index in [0.717, 1.165) is 11.1 Å². The minimum absolute atomic E-state index is 0.395. The SMILES string of the molecule is COc1ccc(NC(=O)NC(=O)COC(=O)c2sccc2-c2ccccc2)cc1. The molecule has 1 heterocycles. The predicted octanol–water partition coefficient (Wildman–Crippen LogP) is 3.93. The van der Waals surface area contributed by atoms with Crippen LogP contribution in [0.5, 0.6) is 5.75 Å². The number of ether oxygens (including phenoxy) is 2. The Hall–Kier alpha value is -3.65. The second-order valence-corrected chi connectivity index (χ2v) is 6.75. The molecule has 148 valence electrons. The molecule has 0 spiro atoms. The number of urea groups is 1. The summed E-state index contributed by atoms with van der Waals surface area (Å²) >= 11 is 1.23. The molecular weight excluding hydrogens is 392 g/mol. The fourth-order valence-corrected chi connectivity index (χ4v) is 3.32. The lowest BCUT2D eigenvalue weighted by Crippen LogP contribution is -2.37. The molecule has 0 fully saturated rings. The molecule has 0 bridgehead atoms. The third-order valence-electron chi connectivity index (χ3n) is 3.87. The van der Waals surface area contributed by atoms with Crippen molar-refractivity contribution in [3.05, 3.63) is 70.9 Å². The zero-order valence-corrected chi connectivity index (χ0v) is 16.3. The highest BCUT2D eigenvalue weighted by molar-refractivity contribution is 7.12. The number of methoxy groups -OCH3 is 1. The van der Waals surface area contributed by atoms with Crippen molar-refractivity contribution < 1.29 is 23.9 Å². The first-order valence-corrected chi connectivity index (χ1v) is 9.49. The molecule has 0 aliphatic heterocycles. The van der Waals surface area contributed by atoms with E-state index in [2.05, 4.69) is 10.6 Å². The topological polar surface area (TPSA) is 93.7 Å². The highest BCUT2D eigenvalue weighted by Crippen LogP contribution is 2.28. The summed E-state index contributed by atoms with van der Waals surface area (Å²) in [7, 11) is 1.54. The van der Waals surface area contributed by atoms with Crippen molar-refractivity contribution in [2.75, 3.05) is 19.0 Å². The molecule has 2 aromatic carbocycles. The molecule has 0 unspecified atom stereocenters. The van der Waals surface area contributed by atoms with E-state index in [1.54, 1.807) is 29.6 Å². The van der Waals surface area contributed by atoms with Gasteiger partial charge in [0.15, 0.2) is 6.61 Å². The third-order valence-corrected chi connectivity index (χ3v) is 4.77. The fourth-order valence-electron chi connectivity index (χ4n) is 2.51. The quantitative estimate of drug-likeness (QED) is 0.601. The summed E-state index contributed by atoms with van der Waals surface area (Å²) in [5, 5.41) is 6.39. The van der Waals surface area contributed by atoms with Gasteiger partial charge in [-0.05, 0) is 41.3 Å². The van der Waals surface area contributed by atoms with Crippen molar-refractivity contribution in [2.24, 2.45) is 0 Å². The molecule has 0 aliphatic carbocycles. The summed E-state index contributed by atoms with van der Waals surface area (Å²) < 4.78 is 10.1. The van der Waals surface area contributed by atoms with Gasteiger partial charge in [0, 0.05) is 11.3 Å². The average molecular weight is 410 g/mol. The molecule has 0 radical (unpaired) electrons. The first kappa shape index (κ1) is 20.1. The maximum atomic E-state index is 12.3. The Balaban J connectivity index is 1.51. The second kappa shape index (κ2) is 9.52. The standard InChI is InChI=1S/C21H18N2O5S/c1-27-16-9-7-15(8-10-16)22-21(26)23-18(24)13-28-20(25)19-17(11-12-29-19)14-5-3-2-4-6-14/h2-12H,13H2,1H3,(H2,22,23,24,26). The van der Waals surface area contributed by atoms with E-state index in [4.69, 9.17) is 9.47 Å². The van der Waals surface area contributed by atoms with E-state index >= 15 is 0 Å². The van der Waals surface area contributed by atoms with Gasteiger partial charge in [0.25, 0.3) is 5.91 Å². The van der Waals surface area contributed by atoms with Gasteiger partial charge in [0.2, 0.25) is 0 Å². The highest BCUT2D eigenvalue weighted by Gasteiger charge is 2.18. The number of carbonyl (C=O) groups is 3. The molecule has 3 rings (SSSR count). The number of hydrogen-bond acceptors (Lipinski definition) is 6. The molecule has 1 aromatic heterocycles. The normalized spacial score (nSPS) is 10.1. The molecular formula is C21H18N2O5S. The summed E-state index contributed by atoms with van der Waals surface area (Å²) in [5.41, 5.74) is 2.10. The Morgan fingerprint density at radius 1 is 0.966 bits per heavy atom. The van der Waals surface area contributed by atoms with Crippen LogP contribution in [0.25, 0.3) is 11.1 Å². The first-order chi connectivity index (χ1) is 14.1. The van der Waals surface area contributed by atoms with Crippen LogP contribution in [0.4, 0.5) is 10.5 Å². The van der Waals surface area contributed by atoms with Crippen LogP contribution in [-0.2, 0) is 9.53 Å². The van der Waals surface area contributed by atoms with Crippen molar-refractivity contribution in [2.45, 2.75) is 0 Å². The average Bonchev–Trinajstić information content (AvgIpc) is 3.23. The second-order valence-electron chi connectivity index (χ2n) is 5.84. The van der Waals surface area contributed by atoms with Crippen molar-refractivity contribution in [1.82, 2.24) is 5.32 Å². The van der Waals surface area contributed by atoms with Crippen LogP contribution in [0.2, 0.25) is 0 Å². The number of imide groups is 1. The lowest BCUT2D eigenvalue weighted by molar-refractivity contribution is -0.123. The Morgan fingerprint density at radius 3 is 2.38 bits per heavy atom. The van der Waals surface area contributed by atoms with Crippen molar-refractivity contribution in [1.29, 1.82) is 0 Å². The number of amides is 3. The van der Waals surface area contributed by atoms with Crippen LogP contribution in [0.3, 0.4) is 0 Å².